The fraction of sp³-hybridized carbons (Fsp3) is 0.400. The van der Waals surface area contributed by atoms with Crippen molar-refractivity contribution in [2.45, 2.75) is 56.3 Å². The fourth-order valence-electron chi connectivity index (χ4n) is 5.09. The normalized spacial score (nSPS) is 28.7. The minimum Gasteiger partial charge on any atom is -0.373 e. The van der Waals surface area contributed by atoms with Crippen LogP contribution in [0.2, 0.25) is 0 Å². The molecule has 0 radical (unpaired) electrons. The number of benzene rings is 2. The molecule has 5 rings (SSSR count). The minimum absolute atomic E-state index is 0.0675. The average Bonchev–Trinajstić information content (AvgIpc) is 3.05. The summed E-state index contributed by atoms with van der Waals surface area (Å²) < 4.78 is 5.96. The number of amides is 2. The van der Waals surface area contributed by atoms with Gasteiger partial charge in [0.2, 0.25) is 0 Å². The Bertz CT molecular complexity index is 880. The van der Waals surface area contributed by atoms with Gasteiger partial charge in [-0.2, -0.15) is 0 Å². The number of hydrogen-bond donors (Lipinski definition) is 1. The van der Waals surface area contributed by atoms with Crippen molar-refractivity contribution in [3.05, 3.63) is 77.9 Å². The van der Waals surface area contributed by atoms with E-state index < -0.39 is 0 Å². The zero-order chi connectivity index (χ0) is 19.6. The molecule has 3 aliphatic heterocycles. The summed E-state index contributed by atoms with van der Waals surface area (Å²) in [7, 11) is 0. The number of carbonyl (C=O) groups excluding carboxylic acids is 1. The first kappa shape index (κ1) is 18.4. The molecule has 150 valence electrons. The molecule has 2 aromatic carbocycles. The molecule has 0 aliphatic carbocycles. The second-order valence-corrected chi connectivity index (χ2v) is 8.41. The highest BCUT2D eigenvalue weighted by atomic mass is 16.5. The van der Waals surface area contributed by atoms with Crippen molar-refractivity contribution in [3.8, 4) is 0 Å². The van der Waals surface area contributed by atoms with Crippen LogP contribution in [0.25, 0.3) is 5.57 Å². The number of hydrogen-bond acceptors (Lipinski definition) is 2. The highest BCUT2D eigenvalue weighted by Crippen LogP contribution is 2.38. The van der Waals surface area contributed by atoms with Crippen LogP contribution >= 0.6 is 0 Å². The Hall–Kier alpha value is -2.59. The molecule has 4 nitrogen and oxygen atoms in total. The number of carbonyl (C=O) groups is 1. The van der Waals surface area contributed by atoms with Crippen LogP contribution in [0.15, 0.2) is 66.7 Å². The van der Waals surface area contributed by atoms with Crippen molar-refractivity contribution < 1.29 is 9.53 Å². The van der Waals surface area contributed by atoms with Crippen LogP contribution in [-0.4, -0.2) is 35.7 Å². The minimum atomic E-state index is 0.0675. The van der Waals surface area contributed by atoms with E-state index in [9.17, 15) is 4.79 Å². The molecule has 3 heterocycles. The predicted molar refractivity (Wildman–Crippen MR) is 114 cm³/mol. The van der Waals surface area contributed by atoms with Gasteiger partial charge < -0.3 is 15.0 Å². The van der Waals surface area contributed by atoms with E-state index in [0.29, 0.717) is 12.6 Å². The molecule has 3 aliphatic rings. The summed E-state index contributed by atoms with van der Waals surface area (Å²) >= 11 is 0. The van der Waals surface area contributed by atoms with Gasteiger partial charge in [-0.3, -0.25) is 0 Å². The Balaban J connectivity index is 1.25. The summed E-state index contributed by atoms with van der Waals surface area (Å²) in [6.45, 7) is 0.690. The molecule has 4 heteroatoms. The molecular weight excluding hydrogens is 360 g/mol. The molecule has 0 aromatic heterocycles. The zero-order valence-electron chi connectivity index (χ0n) is 16.7. The van der Waals surface area contributed by atoms with E-state index in [4.69, 9.17) is 4.74 Å². The average molecular weight is 389 g/mol. The van der Waals surface area contributed by atoms with Gasteiger partial charge in [0.25, 0.3) is 0 Å². The Kier molecular flexibility index (Phi) is 5.11. The third kappa shape index (κ3) is 3.82. The highest BCUT2D eigenvalue weighted by molar-refractivity contribution is 5.79. The van der Waals surface area contributed by atoms with Gasteiger partial charge in [0.15, 0.2) is 0 Å². The first-order valence-corrected chi connectivity index (χ1v) is 10.8. The third-order valence-corrected chi connectivity index (χ3v) is 6.56. The molecule has 2 saturated heterocycles. The van der Waals surface area contributed by atoms with Gasteiger partial charge >= 0.3 is 6.03 Å². The Labute approximate surface area is 172 Å². The fourth-order valence-corrected chi connectivity index (χ4v) is 5.09. The van der Waals surface area contributed by atoms with Crippen LogP contribution in [0.5, 0.6) is 0 Å². The second-order valence-electron chi connectivity index (χ2n) is 8.41. The number of urea groups is 1. The maximum Gasteiger partial charge on any atom is 0.318 e. The van der Waals surface area contributed by atoms with E-state index in [-0.39, 0.29) is 24.2 Å². The van der Waals surface area contributed by atoms with Crippen molar-refractivity contribution in [3.63, 3.8) is 0 Å². The lowest BCUT2D eigenvalue weighted by Crippen LogP contribution is -2.52. The van der Waals surface area contributed by atoms with E-state index in [1.165, 1.54) is 16.7 Å². The monoisotopic (exact) mass is 388 g/mol. The van der Waals surface area contributed by atoms with Gasteiger partial charge in [0.1, 0.15) is 0 Å². The van der Waals surface area contributed by atoms with E-state index >= 15 is 0 Å². The van der Waals surface area contributed by atoms with Crippen molar-refractivity contribution in [1.29, 1.82) is 0 Å². The van der Waals surface area contributed by atoms with Crippen LogP contribution in [0.1, 0.15) is 49.3 Å². The van der Waals surface area contributed by atoms with Crippen molar-refractivity contribution in [1.82, 2.24) is 10.2 Å². The summed E-state index contributed by atoms with van der Waals surface area (Å²) in [6.07, 6.45) is 7.20. The summed E-state index contributed by atoms with van der Waals surface area (Å²) in [5.41, 5.74) is 3.87. The van der Waals surface area contributed by atoms with E-state index in [2.05, 4.69) is 58.8 Å². The van der Waals surface area contributed by atoms with Gasteiger partial charge in [0, 0.05) is 18.7 Å². The SMILES string of the molecule is O=C(NC1CCOC(c2ccccc2)C1)N1C2C=C(c3ccccc3)CC1CC2. The van der Waals surface area contributed by atoms with Crippen LogP contribution in [0.4, 0.5) is 4.79 Å². The predicted octanol–water partition coefficient (Wildman–Crippen LogP) is 4.94. The van der Waals surface area contributed by atoms with Crippen molar-refractivity contribution in [2.75, 3.05) is 6.61 Å². The maximum absolute atomic E-state index is 13.2. The lowest BCUT2D eigenvalue weighted by Gasteiger charge is -2.37. The molecule has 29 heavy (non-hydrogen) atoms. The zero-order valence-corrected chi connectivity index (χ0v) is 16.7. The first-order valence-electron chi connectivity index (χ1n) is 10.8. The van der Waals surface area contributed by atoms with E-state index in [1.54, 1.807) is 0 Å². The van der Waals surface area contributed by atoms with Gasteiger partial charge in [-0.1, -0.05) is 66.7 Å². The summed E-state index contributed by atoms with van der Waals surface area (Å²) in [5.74, 6) is 0. The van der Waals surface area contributed by atoms with Crippen LogP contribution in [-0.2, 0) is 4.74 Å². The molecular formula is C25H28N2O2. The topological polar surface area (TPSA) is 41.6 Å². The van der Waals surface area contributed by atoms with Crippen LogP contribution in [0.3, 0.4) is 0 Å². The van der Waals surface area contributed by atoms with E-state index in [1.807, 2.05) is 18.2 Å². The molecule has 4 unspecified atom stereocenters. The number of nitrogens with one attached hydrogen (secondary N) is 1. The smallest absolute Gasteiger partial charge is 0.318 e. The first-order chi connectivity index (χ1) is 14.3. The van der Waals surface area contributed by atoms with Crippen LogP contribution in [0, 0.1) is 0 Å². The summed E-state index contributed by atoms with van der Waals surface area (Å²) in [4.78, 5) is 15.3. The van der Waals surface area contributed by atoms with Crippen molar-refractivity contribution >= 4 is 11.6 Å². The third-order valence-electron chi connectivity index (χ3n) is 6.56. The van der Waals surface area contributed by atoms with Gasteiger partial charge in [-0.05, 0) is 48.8 Å². The molecule has 2 bridgehead atoms. The maximum atomic E-state index is 13.2. The number of ether oxygens (including phenoxy) is 1. The molecule has 4 atom stereocenters. The second kappa shape index (κ2) is 8.03. The lowest BCUT2D eigenvalue weighted by molar-refractivity contribution is 0.00123. The number of nitrogens with zero attached hydrogens (tertiary/aromatic N) is 1. The summed E-state index contributed by atoms with van der Waals surface area (Å²) in [6, 6.07) is 21.7. The standard InChI is InChI=1S/C25H28N2O2/c28-25(26-21-13-14-29-24(17-21)19-9-5-2-6-10-19)27-22-11-12-23(27)16-20(15-22)18-7-3-1-4-8-18/h1-10,15,21-24H,11-14,16-17H2,(H,26,28). The molecule has 1 N–H and O–H groups in total. The van der Waals surface area contributed by atoms with E-state index in [0.717, 1.165) is 32.1 Å². The van der Waals surface area contributed by atoms with Gasteiger partial charge in [-0.25, -0.2) is 4.79 Å². The highest BCUT2D eigenvalue weighted by Gasteiger charge is 2.40. The number of fused-ring (bicyclic) bond motifs is 2. The molecule has 0 spiro atoms. The Morgan fingerprint density at radius 2 is 1.72 bits per heavy atom. The lowest BCUT2D eigenvalue weighted by atomic mass is 9.95. The molecule has 2 fully saturated rings. The van der Waals surface area contributed by atoms with Crippen molar-refractivity contribution in [2.24, 2.45) is 0 Å². The Morgan fingerprint density at radius 3 is 2.48 bits per heavy atom. The quantitative estimate of drug-likeness (QED) is 0.809. The van der Waals surface area contributed by atoms with Gasteiger partial charge in [0.05, 0.1) is 12.1 Å². The molecule has 2 amide bonds. The largest absolute Gasteiger partial charge is 0.373 e. The Morgan fingerprint density at radius 1 is 0.966 bits per heavy atom. The molecule has 0 saturated carbocycles. The van der Waals surface area contributed by atoms with Crippen LogP contribution < -0.4 is 5.32 Å². The number of rotatable bonds is 3. The van der Waals surface area contributed by atoms with Gasteiger partial charge in [-0.15, -0.1) is 0 Å². The molecule has 2 aromatic rings. The summed E-state index contributed by atoms with van der Waals surface area (Å²) in [5, 5.41) is 3.32.